The van der Waals surface area contributed by atoms with Gasteiger partial charge in [0.2, 0.25) is 0 Å². The number of benzene rings is 2. The topological polar surface area (TPSA) is 55.4 Å². The van der Waals surface area contributed by atoms with Gasteiger partial charge in [0.05, 0.1) is 13.2 Å². The molecule has 3 aliphatic rings. The Hall–Kier alpha value is -2.06. The molecule has 2 aromatic carbocycles. The molecule has 0 spiro atoms. The van der Waals surface area contributed by atoms with E-state index in [1.54, 1.807) is 0 Å². The van der Waals surface area contributed by atoms with E-state index >= 15 is 0 Å². The largest absolute Gasteiger partial charge is 0.368 e. The Morgan fingerprint density at radius 2 is 1.69 bits per heavy atom. The molecule has 3 saturated heterocycles. The van der Waals surface area contributed by atoms with Gasteiger partial charge in [-0.15, -0.1) is 0 Å². The zero-order valence-corrected chi connectivity index (χ0v) is 18.7. The highest BCUT2D eigenvalue weighted by atomic mass is 16.8. The summed E-state index contributed by atoms with van der Waals surface area (Å²) in [7, 11) is 0. The fourth-order valence-electron chi connectivity index (χ4n) is 4.47. The Kier molecular flexibility index (Phi) is 6.16. The number of hydrogen-bond donors (Lipinski definition) is 0. The average molecular weight is 439 g/mol. The summed E-state index contributed by atoms with van der Waals surface area (Å²) in [6.07, 6.45) is -0.0954. The molecule has 6 heteroatoms. The van der Waals surface area contributed by atoms with Crippen LogP contribution in [0.15, 0.2) is 66.2 Å². The number of hydrogen-bond acceptors (Lipinski definition) is 6. The van der Waals surface area contributed by atoms with E-state index in [-0.39, 0.29) is 24.4 Å². The molecule has 6 atom stereocenters. The normalized spacial score (nSPS) is 34.0. The molecule has 5 rings (SSSR count). The van der Waals surface area contributed by atoms with Crippen LogP contribution in [0.25, 0.3) is 6.08 Å². The maximum Gasteiger partial charge on any atom is 0.190 e. The molecule has 3 heterocycles. The van der Waals surface area contributed by atoms with Gasteiger partial charge >= 0.3 is 0 Å². The first-order valence-electron chi connectivity index (χ1n) is 11.2. The molecule has 0 bridgehead atoms. The monoisotopic (exact) mass is 438 g/mol. The smallest absolute Gasteiger partial charge is 0.190 e. The van der Waals surface area contributed by atoms with Crippen molar-refractivity contribution in [2.24, 2.45) is 0 Å². The van der Waals surface area contributed by atoms with E-state index in [2.05, 4.69) is 18.2 Å². The first kappa shape index (κ1) is 21.8. The van der Waals surface area contributed by atoms with Gasteiger partial charge in [0.25, 0.3) is 0 Å². The second-order valence-electron chi connectivity index (χ2n) is 8.97. The van der Waals surface area contributed by atoms with Crippen LogP contribution < -0.4 is 0 Å². The molecule has 0 aromatic heterocycles. The van der Waals surface area contributed by atoms with Crippen LogP contribution in [-0.4, -0.2) is 49.4 Å². The summed E-state index contributed by atoms with van der Waals surface area (Å²) in [6, 6.07) is 20.2. The summed E-state index contributed by atoms with van der Waals surface area (Å²) in [5.74, 6) is -0.709. The molecule has 32 heavy (non-hydrogen) atoms. The van der Waals surface area contributed by atoms with Crippen molar-refractivity contribution in [1.29, 1.82) is 0 Å². The third-order valence-electron chi connectivity index (χ3n) is 5.95. The molecule has 0 unspecified atom stereocenters. The van der Waals surface area contributed by atoms with E-state index in [9.17, 15) is 0 Å². The van der Waals surface area contributed by atoms with Crippen LogP contribution in [0.1, 0.15) is 31.9 Å². The SMILES string of the molecule is C/C(=C\c1ccccc1)[C@H]1OC[C@H]([C@H]2O[C@@H]3OC(C)(C)O[C@@H]3[C@H]2OCc2ccccc2)O1. The Labute approximate surface area is 189 Å². The van der Waals surface area contributed by atoms with E-state index < -0.39 is 18.4 Å². The van der Waals surface area contributed by atoms with Crippen molar-refractivity contribution in [2.75, 3.05) is 6.61 Å². The maximum atomic E-state index is 6.33. The number of fused-ring (bicyclic) bond motifs is 1. The lowest BCUT2D eigenvalue weighted by molar-refractivity contribution is -0.231. The van der Waals surface area contributed by atoms with E-state index in [0.29, 0.717) is 13.2 Å². The van der Waals surface area contributed by atoms with Crippen molar-refractivity contribution in [3.8, 4) is 0 Å². The van der Waals surface area contributed by atoms with Crippen molar-refractivity contribution < 1.29 is 28.4 Å². The van der Waals surface area contributed by atoms with E-state index in [1.165, 1.54) is 0 Å². The Morgan fingerprint density at radius 3 is 2.44 bits per heavy atom. The molecule has 0 saturated carbocycles. The van der Waals surface area contributed by atoms with Crippen molar-refractivity contribution in [3.05, 3.63) is 77.4 Å². The van der Waals surface area contributed by atoms with Crippen molar-refractivity contribution in [1.82, 2.24) is 0 Å². The van der Waals surface area contributed by atoms with Crippen molar-refractivity contribution >= 4 is 6.08 Å². The van der Waals surface area contributed by atoms with Crippen molar-refractivity contribution in [2.45, 2.75) is 70.2 Å². The third kappa shape index (κ3) is 4.66. The minimum atomic E-state index is -0.709. The van der Waals surface area contributed by atoms with Gasteiger partial charge in [-0.3, -0.25) is 0 Å². The highest BCUT2D eigenvalue weighted by Gasteiger charge is 2.58. The van der Waals surface area contributed by atoms with Gasteiger partial charge in [0.1, 0.15) is 24.4 Å². The molecule has 0 N–H and O–H groups in total. The highest BCUT2D eigenvalue weighted by molar-refractivity contribution is 5.52. The van der Waals surface area contributed by atoms with E-state index in [4.69, 9.17) is 28.4 Å². The minimum absolute atomic E-state index is 0.277. The van der Waals surface area contributed by atoms with Crippen molar-refractivity contribution in [3.63, 3.8) is 0 Å². The molecular formula is C26H30O6. The molecule has 3 aliphatic heterocycles. The molecule has 0 amide bonds. The Balaban J connectivity index is 1.28. The maximum absolute atomic E-state index is 6.33. The number of rotatable bonds is 6. The van der Waals surface area contributed by atoms with Gasteiger partial charge in [-0.1, -0.05) is 66.7 Å². The zero-order valence-electron chi connectivity index (χ0n) is 18.7. The molecular weight excluding hydrogens is 408 g/mol. The van der Waals surface area contributed by atoms with Crippen LogP contribution >= 0.6 is 0 Å². The predicted molar refractivity (Wildman–Crippen MR) is 118 cm³/mol. The molecule has 0 radical (unpaired) electrons. The Bertz CT molecular complexity index is 928. The van der Waals surface area contributed by atoms with Crippen LogP contribution in [0.5, 0.6) is 0 Å². The second kappa shape index (κ2) is 9.06. The molecule has 0 aliphatic carbocycles. The predicted octanol–water partition coefficient (Wildman–Crippen LogP) is 4.29. The highest BCUT2D eigenvalue weighted by Crippen LogP contribution is 2.41. The van der Waals surface area contributed by atoms with E-state index in [1.807, 2.05) is 69.3 Å². The summed E-state index contributed by atoms with van der Waals surface area (Å²) < 4.78 is 36.9. The molecule has 6 nitrogen and oxygen atoms in total. The van der Waals surface area contributed by atoms with E-state index in [0.717, 1.165) is 16.7 Å². The van der Waals surface area contributed by atoms with Gasteiger partial charge in [-0.2, -0.15) is 0 Å². The first-order valence-corrected chi connectivity index (χ1v) is 11.2. The summed E-state index contributed by atoms with van der Waals surface area (Å²) in [5, 5.41) is 0. The molecule has 3 fully saturated rings. The lowest BCUT2D eigenvalue weighted by atomic mass is 10.1. The fourth-order valence-corrected chi connectivity index (χ4v) is 4.47. The lowest BCUT2D eigenvalue weighted by Gasteiger charge is -2.28. The quantitative estimate of drug-likeness (QED) is 0.671. The standard InChI is InChI=1S/C26H30O6/c1-17(14-18-10-6-4-7-11-18)24-28-16-20(29-24)21-22(27-15-19-12-8-5-9-13-19)23-25(30-21)32-26(2,3)31-23/h4-14,20-25H,15-16H2,1-3H3/b17-14+/t20-,21-,22+,23-,24+,25-/m1/s1. The second-order valence-corrected chi connectivity index (χ2v) is 8.97. The summed E-state index contributed by atoms with van der Waals surface area (Å²) in [4.78, 5) is 0. The van der Waals surface area contributed by atoms with Crippen LogP contribution in [0, 0.1) is 0 Å². The van der Waals surface area contributed by atoms with Gasteiger partial charge in [0.15, 0.2) is 18.4 Å². The van der Waals surface area contributed by atoms with Crippen LogP contribution in [-0.2, 0) is 35.0 Å². The summed E-state index contributed by atoms with van der Waals surface area (Å²) >= 11 is 0. The summed E-state index contributed by atoms with van der Waals surface area (Å²) in [5.41, 5.74) is 3.21. The fraction of sp³-hybridized carbons (Fsp3) is 0.462. The van der Waals surface area contributed by atoms with Gasteiger partial charge in [-0.05, 0) is 37.5 Å². The third-order valence-corrected chi connectivity index (χ3v) is 5.95. The van der Waals surface area contributed by atoms with Crippen LogP contribution in [0.2, 0.25) is 0 Å². The number of ether oxygens (including phenoxy) is 6. The first-order chi connectivity index (χ1) is 15.5. The molecule has 2 aromatic rings. The molecule has 170 valence electrons. The zero-order chi connectivity index (χ0) is 22.1. The van der Waals surface area contributed by atoms with Gasteiger partial charge in [0, 0.05) is 0 Å². The lowest BCUT2D eigenvalue weighted by Crippen LogP contribution is -2.43. The van der Waals surface area contributed by atoms with Crippen LogP contribution in [0.4, 0.5) is 0 Å². The Morgan fingerprint density at radius 1 is 0.969 bits per heavy atom. The van der Waals surface area contributed by atoms with Gasteiger partial charge in [-0.25, -0.2) is 0 Å². The van der Waals surface area contributed by atoms with Crippen LogP contribution in [0.3, 0.4) is 0 Å². The summed E-state index contributed by atoms with van der Waals surface area (Å²) in [6.45, 7) is 6.68. The minimum Gasteiger partial charge on any atom is -0.368 e. The average Bonchev–Trinajstić information content (AvgIpc) is 3.46. The van der Waals surface area contributed by atoms with Gasteiger partial charge < -0.3 is 28.4 Å².